The van der Waals surface area contributed by atoms with E-state index in [1.54, 1.807) is 0 Å². The van der Waals surface area contributed by atoms with Crippen LogP contribution in [0.15, 0.2) is 24.3 Å². The van der Waals surface area contributed by atoms with E-state index >= 15 is 0 Å². The number of nitrogens with one attached hydrogen (secondary N) is 1. The molecule has 0 heterocycles. The van der Waals surface area contributed by atoms with Crippen molar-refractivity contribution < 1.29 is 4.74 Å². The van der Waals surface area contributed by atoms with Crippen molar-refractivity contribution in [3.8, 4) is 5.75 Å². The van der Waals surface area contributed by atoms with Crippen molar-refractivity contribution in [3.05, 3.63) is 29.8 Å². The van der Waals surface area contributed by atoms with Crippen molar-refractivity contribution in [1.29, 1.82) is 0 Å². The van der Waals surface area contributed by atoms with Gasteiger partial charge in [-0.1, -0.05) is 50.8 Å². The minimum Gasteiger partial charge on any atom is -0.491 e. The Bertz CT molecular complexity index is 336. The summed E-state index contributed by atoms with van der Waals surface area (Å²) in [6.07, 6.45) is 6.89. The third-order valence-electron chi connectivity index (χ3n) is 3.11. The molecular formula is C17H29NO. The highest BCUT2D eigenvalue weighted by Crippen LogP contribution is 2.19. The molecule has 0 atom stereocenters. The van der Waals surface area contributed by atoms with Crippen LogP contribution in [0.1, 0.15) is 58.4 Å². The second-order valence-electron chi connectivity index (χ2n) is 5.37. The lowest BCUT2D eigenvalue weighted by molar-refractivity contribution is 0.239. The maximum Gasteiger partial charge on any atom is 0.124 e. The molecule has 0 bridgehead atoms. The number of rotatable bonds is 10. The zero-order valence-corrected chi connectivity index (χ0v) is 12.7. The molecule has 108 valence electrons. The van der Waals surface area contributed by atoms with Gasteiger partial charge in [0.05, 0.1) is 6.10 Å². The van der Waals surface area contributed by atoms with E-state index in [9.17, 15) is 0 Å². The highest BCUT2D eigenvalue weighted by molar-refractivity contribution is 5.33. The molecule has 0 saturated heterocycles. The van der Waals surface area contributed by atoms with E-state index in [1.807, 2.05) is 6.07 Å². The third-order valence-corrected chi connectivity index (χ3v) is 3.11. The van der Waals surface area contributed by atoms with Crippen molar-refractivity contribution in [2.45, 2.75) is 65.5 Å². The Morgan fingerprint density at radius 3 is 2.53 bits per heavy atom. The average Bonchev–Trinajstić information content (AvgIpc) is 2.39. The molecule has 0 spiro atoms. The SMILES string of the molecule is CCCCCCCNCc1ccccc1OC(C)C. The van der Waals surface area contributed by atoms with E-state index in [1.165, 1.54) is 37.7 Å². The minimum absolute atomic E-state index is 0.232. The lowest BCUT2D eigenvalue weighted by Gasteiger charge is -2.14. The van der Waals surface area contributed by atoms with Gasteiger partial charge in [-0.05, 0) is 32.9 Å². The molecule has 0 aromatic heterocycles. The maximum atomic E-state index is 5.82. The zero-order valence-electron chi connectivity index (χ0n) is 12.7. The highest BCUT2D eigenvalue weighted by Gasteiger charge is 2.04. The predicted octanol–water partition coefficient (Wildman–Crippen LogP) is 4.53. The van der Waals surface area contributed by atoms with Gasteiger partial charge in [-0.3, -0.25) is 0 Å². The van der Waals surface area contributed by atoms with Crippen LogP contribution in [0.25, 0.3) is 0 Å². The third kappa shape index (κ3) is 7.22. The Kier molecular flexibility index (Phi) is 8.31. The quantitative estimate of drug-likeness (QED) is 0.626. The molecule has 2 nitrogen and oxygen atoms in total. The molecule has 0 aliphatic rings. The molecular weight excluding hydrogens is 234 g/mol. The van der Waals surface area contributed by atoms with Crippen molar-refractivity contribution in [2.24, 2.45) is 0 Å². The Labute approximate surface area is 118 Å². The summed E-state index contributed by atoms with van der Waals surface area (Å²) in [7, 11) is 0. The molecule has 1 aromatic carbocycles. The van der Waals surface area contributed by atoms with E-state index in [4.69, 9.17) is 4.74 Å². The van der Waals surface area contributed by atoms with Gasteiger partial charge in [0.15, 0.2) is 0 Å². The van der Waals surface area contributed by atoms with Gasteiger partial charge in [-0.25, -0.2) is 0 Å². The first-order chi connectivity index (χ1) is 9.24. The van der Waals surface area contributed by atoms with Crippen LogP contribution in [-0.2, 0) is 6.54 Å². The van der Waals surface area contributed by atoms with Gasteiger partial charge < -0.3 is 10.1 Å². The first-order valence-corrected chi connectivity index (χ1v) is 7.69. The second-order valence-corrected chi connectivity index (χ2v) is 5.37. The number of hydrogen-bond donors (Lipinski definition) is 1. The van der Waals surface area contributed by atoms with Crippen LogP contribution < -0.4 is 10.1 Å². The number of para-hydroxylation sites is 1. The number of ether oxygens (including phenoxy) is 1. The molecule has 0 aliphatic heterocycles. The summed E-state index contributed by atoms with van der Waals surface area (Å²) in [6, 6.07) is 8.30. The summed E-state index contributed by atoms with van der Waals surface area (Å²) >= 11 is 0. The van der Waals surface area contributed by atoms with Crippen LogP contribution >= 0.6 is 0 Å². The van der Waals surface area contributed by atoms with Gasteiger partial charge in [0.1, 0.15) is 5.75 Å². The van der Waals surface area contributed by atoms with Gasteiger partial charge in [-0.15, -0.1) is 0 Å². The van der Waals surface area contributed by atoms with Crippen LogP contribution in [0.4, 0.5) is 0 Å². The standard InChI is InChI=1S/C17H29NO/c1-4-5-6-7-10-13-18-14-16-11-8-9-12-17(16)19-15(2)3/h8-9,11-12,15,18H,4-7,10,13-14H2,1-3H3. The van der Waals surface area contributed by atoms with Crippen LogP contribution in [0.3, 0.4) is 0 Å². The van der Waals surface area contributed by atoms with Crippen molar-refractivity contribution in [2.75, 3.05) is 6.54 Å². The average molecular weight is 263 g/mol. The van der Waals surface area contributed by atoms with E-state index in [0.717, 1.165) is 18.8 Å². The predicted molar refractivity (Wildman–Crippen MR) is 82.7 cm³/mol. The van der Waals surface area contributed by atoms with E-state index in [0.29, 0.717) is 0 Å². The zero-order chi connectivity index (χ0) is 13.9. The fourth-order valence-electron chi connectivity index (χ4n) is 2.10. The Hall–Kier alpha value is -1.02. The summed E-state index contributed by atoms with van der Waals surface area (Å²) in [5.74, 6) is 1.01. The van der Waals surface area contributed by atoms with Crippen LogP contribution in [0, 0.1) is 0 Å². The molecule has 0 unspecified atom stereocenters. The lowest BCUT2D eigenvalue weighted by Crippen LogP contribution is -2.16. The summed E-state index contributed by atoms with van der Waals surface area (Å²) in [5.41, 5.74) is 1.25. The fourth-order valence-corrected chi connectivity index (χ4v) is 2.10. The first kappa shape index (κ1) is 16.0. The van der Waals surface area contributed by atoms with Crippen molar-refractivity contribution in [3.63, 3.8) is 0 Å². The number of hydrogen-bond acceptors (Lipinski definition) is 2. The van der Waals surface area contributed by atoms with Crippen LogP contribution in [0.2, 0.25) is 0 Å². The number of unbranched alkanes of at least 4 members (excludes halogenated alkanes) is 4. The molecule has 1 N–H and O–H groups in total. The monoisotopic (exact) mass is 263 g/mol. The highest BCUT2D eigenvalue weighted by atomic mass is 16.5. The van der Waals surface area contributed by atoms with Gasteiger partial charge >= 0.3 is 0 Å². The second kappa shape index (κ2) is 9.85. The minimum atomic E-state index is 0.232. The summed E-state index contributed by atoms with van der Waals surface area (Å²) < 4.78 is 5.82. The molecule has 1 aromatic rings. The Balaban J connectivity index is 2.25. The Morgan fingerprint density at radius 1 is 1.05 bits per heavy atom. The van der Waals surface area contributed by atoms with Crippen molar-refractivity contribution >= 4 is 0 Å². The number of benzene rings is 1. The summed E-state index contributed by atoms with van der Waals surface area (Å²) in [5, 5.41) is 3.51. The fraction of sp³-hybridized carbons (Fsp3) is 0.647. The van der Waals surface area contributed by atoms with Crippen molar-refractivity contribution in [1.82, 2.24) is 5.32 Å². The summed E-state index contributed by atoms with van der Waals surface area (Å²) in [4.78, 5) is 0. The first-order valence-electron chi connectivity index (χ1n) is 7.69. The van der Waals surface area contributed by atoms with Gasteiger partial charge in [-0.2, -0.15) is 0 Å². The van der Waals surface area contributed by atoms with E-state index in [-0.39, 0.29) is 6.10 Å². The molecule has 19 heavy (non-hydrogen) atoms. The smallest absolute Gasteiger partial charge is 0.124 e. The topological polar surface area (TPSA) is 21.3 Å². The largest absolute Gasteiger partial charge is 0.491 e. The molecule has 0 amide bonds. The van der Waals surface area contributed by atoms with Gasteiger partial charge in [0.25, 0.3) is 0 Å². The molecule has 0 aliphatic carbocycles. The molecule has 1 rings (SSSR count). The lowest BCUT2D eigenvalue weighted by atomic mass is 10.1. The Morgan fingerprint density at radius 2 is 1.79 bits per heavy atom. The maximum absolute atomic E-state index is 5.82. The molecule has 2 heteroatoms. The van der Waals surface area contributed by atoms with Crippen LogP contribution in [0.5, 0.6) is 5.75 Å². The van der Waals surface area contributed by atoms with E-state index in [2.05, 4.69) is 44.3 Å². The van der Waals surface area contributed by atoms with Crippen LogP contribution in [-0.4, -0.2) is 12.6 Å². The van der Waals surface area contributed by atoms with E-state index < -0.39 is 0 Å². The van der Waals surface area contributed by atoms with Gasteiger partial charge in [0, 0.05) is 12.1 Å². The molecule has 0 fully saturated rings. The summed E-state index contributed by atoms with van der Waals surface area (Å²) in [6.45, 7) is 8.39. The molecule has 0 saturated carbocycles. The molecule has 0 radical (unpaired) electrons. The van der Waals surface area contributed by atoms with Gasteiger partial charge in [0.2, 0.25) is 0 Å². The normalized spacial score (nSPS) is 10.9.